The molecule has 4 N–H and O–H groups in total. The Morgan fingerprint density at radius 2 is 1.73 bits per heavy atom. The van der Waals surface area contributed by atoms with E-state index in [1.165, 1.54) is 0 Å². The van der Waals surface area contributed by atoms with Gasteiger partial charge in [-0.25, -0.2) is 4.79 Å². The van der Waals surface area contributed by atoms with E-state index >= 15 is 0 Å². The maximum atomic E-state index is 10.6. The molecule has 88 valence electrons. The van der Waals surface area contributed by atoms with Crippen molar-refractivity contribution in [2.24, 2.45) is 5.92 Å². The molecule has 15 heavy (non-hydrogen) atoms. The molecular weight excluding hydrogens is 202 g/mol. The molecule has 0 aliphatic rings. The second-order valence-electron chi connectivity index (χ2n) is 3.74. The molecule has 0 aliphatic carbocycles. The zero-order chi connectivity index (χ0) is 12.0. The molecule has 0 amide bonds. The smallest absolute Gasteiger partial charge is 0.334 e. The van der Waals surface area contributed by atoms with Crippen LogP contribution < -0.4 is 5.32 Å². The standard InChI is InChI=1S/C9H17NO5/c1-5(2)3-4-10-6(8(12)13)7(11)9(14)15/h5-7,10-11H,3-4H2,1-2H3,(H,12,13)(H,14,15). The molecule has 0 spiro atoms. The molecule has 0 aromatic rings. The Hall–Kier alpha value is -1.14. The Balaban J connectivity index is 4.17. The Labute approximate surface area is 87.9 Å². The van der Waals surface area contributed by atoms with Gasteiger partial charge in [-0.1, -0.05) is 13.8 Å². The van der Waals surface area contributed by atoms with Crippen LogP contribution in [-0.2, 0) is 9.59 Å². The normalized spacial score (nSPS) is 14.9. The highest BCUT2D eigenvalue weighted by Gasteiger charge is 2.31. The average Bonchev–Trinajstić information content (AvgIpc) is 2.10. The third-order valence-corrected chi connectivity index (χ3v) is 1.92. The minimum absolute atomic E-state index is 0.360. The van der Waals surface area contributed by atoms with Crippen molar-refractivity contribution >= 4 is 11.9 Å². The van der Waals surface area contributed by atoms with E-state index in [9.17, 15) is 9.59 Å². The predicted molar refractivity (Wildman–Crippen MR) is 52.5 cm³/mol. The molecular formula is C9H17NO5. The molecule has 0 bridgehead atoms. The lowest BCUT2D eigenvalue weighted by Gasteiger charge is -2.17. The summed E-state index contributed by atoms with van der Waals surface area (Å²) >= 11 is 0. The van der Waals surface area contributed by atoms with Crippen LogP contribution in [0.3, 0.4) is 0 Å². The van der Waals surface area contributed by atoms with Crippen molar-refractivity contribution in [2.45, 2.75) is 32.4 Å². The summed E-state index contributed by atoms with van der Waals surface area (Å²) in [5.74, 6) is -2.53. The van der Waals surface area contributed by atoms with Crippen LogP contribution in [0.1, 0.15) is 20.3 Å². The number of aliphatic carboxylic acids is 2. The number of carboxylic acids is 2. The average molecular weight is 219 g/mol. The number of hydrogen-bond acceptors (Lipinski definition) is 4. The minimum atomic E-state index is -1.92. The number of rotatable bonds is 7. The first-order valence-electron chi connectivity index (χ1n) is 4.73. The first-order chi connectivity index (χ1) is 6.86. The van der Waals surface area contributed by atoms with Crippen molar-refractivity contribution < 1.29 is 24.9 Å². The fourth-order valence-electron chi connectivity index (χ4n) is 1.00. The van der Waals surface area contributed by atoms with Crippen LogP contribution in [0.4, 0.5) is 0 Å². The Bertz CT molecular complexity index is 229. The zero-order valence-corrected chi connectivity index (χ0v) is 8.80. The van der Waals surface area contributed by atoms with Crippen molar-refractivity contribution in [1.29, 1.82) is 0 Å². The quantitative estimate of drug-likeness (QED) is 0.461. The summed E-state index contributed by atoms with van der Waals surface area (Å²) in [6.45, 7) is 4.29. The molecule has 6 nitrogen and oxygen atoms in total. The Morgan fingerprint density at radius 1 is 1.20 bits per heavy atom. The molecule has 6 heteroatoms. The molecule has 0 heterocycles. The van der Waals surface area contributed by atoms with Crippen LogP contribution in [0.25, 0.3) is 0 Å². The molecule has 0 aromatic heterocycles. The maximum absolute atomic E-state index is 10.6. The van der Waals surface area contributed by atoms with Crippen LogP contribution in [0.2, 0.25) is 0 Å². The van der Waals surface area contributed by atoms with Crippen LogP contribution in [-0.4, -0.2) is 45.9 Å². The second-order valence-corrected chi connectivity index (χ2v) is 3.74. The van der Waals surface area contributed by atoms with Crippen molar-refractivity contribution in [3.8, 4) is 0 Å². The summed E-state index contributed by atoms with van der Waals surface area (Å²) in [7, 11) is 0. The van der Waals surface area contributed by atoms with Gasteiger partial charge in [-0.2, -0.15) is 0 Å². The maximum Gasteiger partial charge on any atom is 0.334 e. The highest BCUT2D eigenvalue weighted by atomic mass is 16.4. The number of hydrogen-bond donors (Lipinski definition) is 4. The molecule has 0 rings (SSSR count). The lowest BCUT2D eigenvalue weighted by atomic mass is 10.1. The van der Waals surface area contributed by atoms with Gasteiger partial charge in [-0.15, -0.1) is 0 Å². The van der Waals surface area contributed by atoms with Gasteiger partial charge in [0.2, 0.25) is 0 Å². The van der Waals surface area contributed by atoms with Crippen molar-refractivity contribution in [2.75, 3.05) is 6.54 Å². The molecule has 0 aromatic carbocycles. The van der Waals surface area contributed by atoms with Crippen molar-refractivity contribution in [3.05, 3.63) is 0 Å². The van der Waals surface area contributed by atoms with Gasteiger partial charge in [0.1, 0.15) is 6.04 Å². The number of carbonyl (C=O) groups is 2. The van der Waals surface area contributed by atoms with Gasteiger partial charge in [-0.05, 0) is 18.9 Å². The molecule has 0 saturated carbocycles. The fraction of sp³-hybridized carbons (Fsp3) is 0.778. The highest BCUT2D eigenvalue weighted by molar-refractivity contribution is 5.84. The van der Waals surface area contributed by atoms with Gasteiger partial charge < -0.3 is 20.6 Å². The topological polar surface area (TPSA) is 107 Å². The molecule has 0 fully saturated rings. The van der Waals surface area contributed by atoms with E-state index in [0.717, 1.165) is 6.42 Å². The summed E-state index contributed by atoms with van der Waals surface area (Å²) in [5, 5.41) is 28.7. The summed E-state index contributed by atoms with van der Waals surface area (Å²) in [6, 6.07) is -1.46. The summed E-state index contributed by atoms with van der Waals surface area (Å²) in [5.41, 5.74) is 0. The highest BCUT2D eigenvalue weighted by Crippen LogP contribution is 2.00. The first-order valence-corrected chi connectivity index (χ1v) is 4.73. The Morgan fingerprint density at radius 3 is 2.07 bits per heavy atom. The van der Waals surface area contributed by atoms with Crippen LogP contribution in [0.15, 0.2) is 0 Å². The van der Waals surface area contributed by atoms with E-state index in [2.05, 4.69) is 5.32 Å². The molecule has 2 atom stereocenters. The molecule has 0 radical (unpaired) electrons. The minimum Gasteiger partial charge on any atom is -0.480 e. The lowest BCUT2D eigenvalue weighted by Crippen LogP contribution is -2.50. The van der Waals surface area contributed by atoms with Gasteiger partial charge in [0, 0.05) is 0 Å². The largest absolute Gasteiger partial charge is 0.480 e. The van der Waals surface area contributed by atoms with Gasteiger partial charge in [0.15, 0.2) is 6.10 Å². The number of carboxylic acid groups (broad SMARTS) is 2. The van der Waals surface area contributed by atoms with Crippen LogP contribution in [0.5, 0.6) is 0 Å². The van der Waals surface area contributed by atoms with E-state index in [1.807, 2.05) is 13.8 Å². The SMILES string of the molecule is CC(C)CCNC(C(=O)O)C(O)C(=O)O. The van der Waals surface area contributed by atoms with Gasteiger partial charge >= 0.3 is 11.9 Å². The van der Waals surface area contributed by atoms with E-state index in [4.69, 9.17) is 15.3 Å². The van der Waals surface area contributed by atoms with Crippen LogP contribution in [0, 0.1) is 5.92 Å². The van der Waals surface area contributed by atoms with E-state index in [-0.39, 0.29) is 0 Å². The van der Waals surface area contributed by atoms with Crippen LogP contribution >= 0.6 is 0 Å². The third kappa shape index (κ3) is 5.34. The first kappa shape index (κ1) is 13.9. The number of aliphatic hydroxyl groups excluding tert-OH is 1. The van der Waals surface area contributed by atoms with Crippen molar-refractivity contribution in [3.63, 3.8) is 0 Å². The second kappa shape index (κ2) is 6.36. The van der Waals surface area contributed by atoms with Gasteiger partial charge in [0.25, 0.3) is 0 Å². The van der Waals surface area contributed by atoms with E-state index in [1.54, 1.807) is 0 Å². The molecule has 0 saturated heterocycles. The zero-order valence-electron chi connectivity index (χ0n) is 8.80. The van der Waals surface area contributed by atoms with Crippen molar-refractivity contribution in [1.82, 2.24) is 5.32 Å². The Kier molecular flexibility index (Phi) is 5.88. The predicted octanol–water partition coefficient (Wildman–Crippen LogP) is -0.479. The third-order valence-electron chi connectivity index (χ3n) is 1.92. The lowest BCUT2D eigenvalue weighted by molar-refractivity contribution is -0.156. The summed E-state index contributed by atoms with van der Waals surface area (Å²) < 4.78 is 0. The summed E-state index contributed by atoms with van der Waals surface area (Å²) in [4.78, 5) is 21.0. The van der Waals surface area contributed by atoms with E-state index < -0.39 is 24.1 Å². The fourth-order valence-corrected chi connectivity index (χ4v) is 1.00. The van der Waals surface area contributed by atoms with E-state index in [0.29, 0.717) is 12.5 Å². The van der Waals surface area contributed by atoms with Gasteiger partial charge in [-0.3, -0.25) is 4.79 Å². The number of nitrogens with one attached hydrogen (secondary N) is 1. The number of aliphatic hydroxyl groups is 1. The molecule has 0 aliphatic heterocycles. The van der Waals surface area contributed by atoms with Gasteiger partial charge in [0.05, 0.1) is 0 Å². The summed E-state index contributed by atoms with van der Waals surface area (Å²) in [6.07, 6.45) is -1.20. The monoisotopic (exact) mass is 219 g/mol. The molecule has 2 unspecified atom stereocenters.